The average molecular weight is 606 g/mol. The summed E-state index contributed by atoms with van der Waals surface area (Å²) in [5.41, 5.74) is 9.83. The van der Waals surface area contributed by atoms with Crippen molar-refractivity contribution in [3.05, 3.63) is 163 Å². The van der Waals surface area contributed by atoms with Gasteiger partial charge in [-0.3, -0.25) is 4.57 Å². The number of rotatable bonds is 4. The summed E-state index contributed by atoms with van der Waals surface area (Å²) in [5, 5.41) is 2.38. The maximum absolute atomic E-state index is 5.15. The molecule has 1 aliphatic heterocycles. The molecule has 9 rings (SSSR count). The van der Waals surface area contributed by atoms with Gasteiger partial charge in [-0.2, -0.15) is 9.97 Å². The zero-order chi connectivity index (χ0) is 31.5. The third-order valence-electron chi connectivity index (χ3n) is 9.40. The molecular formula is C42H31N5. The first-order valence-corrected chi connectivity index (χ1v) is 16.0. The zero-order valence-electron chi connectivity index (χ0n) is 26.2. The van der Waals surface area contributed by atoms with E-state index in [0.717, 1.165) is 27.8 Å². The first kappa shape index (κ1) is 27.3. The fourth-order valence-corrected chi connectivity index (χ4v) is 7.30. The largest absolute Gasteiger partial charge is 0.310 e. The predicted octanol–water partition coefficient (Wildman–Crippen LogP) is 10.4. The Kier molecular flexibility index (Phi) is 6.09. The number of hydrogen-bond acceptors (Lipinski definition) is 4. The van der Waals surface area contributed by atoms with Crippen LogP contribution in [0.2, 0.25) is 0 Å². The van der Waals surface area contributed by atoms with E-state index in [1.165, 1.54) is 33.3 Å². The number of benzene rings is 6. The molecule has 0 amide bonds. The van der Waals surface area contributed by atoms with Gasteiger partial charge in [-0.15, -0.1) is 0 Å². The Morgan fingerprint density at radius 2 is 1.06 bits per heavy atom. The number of aromatic nitrogens is 4. The van der Waals surface area contributed by atoms with E-state index in [-0.39, 0.29) is 5.41 Å². The summed E-state index contributed by atoms with van der Waals surface area (Å²) in [6.45, 7) is 4.70. The second-order valence-electron chi connectivity index (χ2n) is 12.5. The molecule has 0 atom stereocenters. The average Bonchev–Trinajstić information content (AvgIpc) is 3.47. The van der Waals surface area contributed by atoms with Crippen molar-refractivity contribution in [3.8, 4) is 28.7 Å². The van der Waals surface area contributed by atoms with Gasteiger partial charge in [0.1, 0.15) is 0 Å². The lowest BCUT2D eigenvalue weighted by molar-refractivity contribution is 0.638. The Hall–Kier alpha value is -6.07. The quantitative estimate of drug-likeness (QED) is 0.200. The molecule has 0 bridgehead atoms. The van der Waals surface area contributed by atoms with Gasteiger partial charge in [-0.1, -0.05) is 129 Å². The molecule has 0 saturated carbocycles. The second kappa shape index (κ2) is 10.5. The van der Waals surface area contributed by atoms with Gasteiger partial charge in [-0.25, -0.2) is 4.98 Å². The Morgan fingerprint density at radius 1 is 0.489 bits per heavy atom. The summed E-state index contributed by atoms with van der Waals surface area (Å²) in [7, 11) is 0. The van der Waals surface area contributed by atoms with Crippen LogP contribution in [0.3, 0.4) is 0 Å². The highest BCUT2D eigenvalue weighted by Crippen LogP contribution is 2.55. The van der Waals surface area contributed by atoms with Crippen LogP contribution in [0.4, 0.5) is 17.1 Å². The molecule has 5 nitrogen and oxygen atoms in total. The Morgan fingerprint density at radius 3 is 1.74 bits per heavy atom. The summed E-state index contributed by atoms with van der Waals surface area (Å²) >= 11 is 0. The fraction of sp³-hybridized carbons (Fsp3) is 0.0714. The van der Waals surface area contributed by atoms with Gasteiger partial charge < -0.3 is 4.90 Å². The Labute approximate surface area is 273 Å². The van der Waals surface area contributed by atoms with E-state index < -0.39 is 0 Å². The number of nitrogens with zero attached hydrogens (tertiary/aromatic N) is 5. The lowest BCUT2D eigenvalue weighted by Gasteiger charge is -2.42. The molecule has 8 aromatic rings. The lowest BCUT2D eigenvalue weighted by atomic mass is 9.72. The number of fused-ring (bicyclic) bond motifs is 6. The molecule has 224 valence electrons. The van der Waals surface area contributed by atoms with Gasteiger partial charge in [0, 0.05) is 33.0 Å². The second-order valence-corrected chi connectivity index (χ2v) is 12.5. The van der Waals surface area contributed by atoms with Crippen LogP contribution in [-0.2, 0) is 5.41 Å². The topological polar surface area (TPSA) is 46.8 Å². The van der Waals surface area contributed by atoms with Crippen molar-refractivity contribution in [2.24, 2.45) is 0 Å². The van der Waals surface area contributed by atoms with Crippen molar-refractivity contribution in [1.29, 1.82) is 0 Å². The SMILES string of the molecule is CC1(C)c2ccccc2N(c2ccccc2)c2ccc3c(c21)c1ccccc1n3-c1nc(-c2ccccc2)nc(-c2ccccc2)n1. The first-order chi connectivity index (χ1) is 23.1. The molecule has 5 heteroatoms. The van der Waals surface area contributed by atoms with Crippen LogP contribution < -0.4 is 4.90 Å². The van der Waals surface area contributed by atoms with E-state index in [9.17, 15) is 0 Å². The molecule has 0 N–H and O–H groups in total. The van der Waals surface area contributed by atoms with Gasteiger partial charge >= 0.3 is 0 Å². The van der Waals surface area contributed by atoms with Crippen LogP contribution in [-0.4, -0.2) is 19.5 Å². The van der Waals surface area contributed by atoms with Crippen LogP contribution in [0, 0.1) is 0 Å². The molecule has 47 heavy (non-hydrogen) atoms. The van der Waals surface area contributed by atoms with Gasteiger partial charge in [-0.05, 0) is 47.5 Å². The molecule has 1 aliphatic rings. The number of hydrogen-bond donors (Lipinski definition) is 0. The molecule has 0 spiro atoms. The monoisotopic (exact) mass is 605 g/mol. The van der Waals surface area contributed by atoms with Crippen molar-refractivity contribution < 1.29 is 0 Å². The molecule has 2 aromatic heterocycles. The normalized spacial score (nSPS) is 13.4. The highest BCUT2D eigenvalue weighted by molar-refractivity contribution is 6.14. The van der Waals surface area contributed by atoms with Crippen molar-refractivity contribution in [1.82, 2.24) is 19.5 Å². The van der Waals surface area contributed by atoms with E-state index >= 15 is 0 Å². The summed E-state index contributed by atoms with van der Waals surface area (Å²) in [6.07, 6.45) is 0. The van der Waals surface area contributed by atoms with Crippen LogP contribution in [0.25, 0.3) is 50.5 Å². The molecule has 0 unspecified atom stereocenters. The van der Waals surface area contributed by atoms with Crippen molar-refractivity contribution >= 4 is 38.9 Å². The van der Waals surface area contributed by atoms with Crippen LogP contribution >= 0.6 is 0 Å². The van der Waals surface area contributed by atoms with Gasteiger partial charge in [0.2, 0.25) is 5.95 Å². The third kappa shape index (κ3) is 4.20. The Balaban J connectivity index is 1.38. The molecule has 0 fully saturated rings. The fourth-order valence-electron chi connectivity index (χ4n) is 7.30. The molecule has 6 aromatic carbocycles. The molecular weight excluding hydrogens is 574 g/mol. The smallest absolute Gasteiger partial charge is 0.238 e. The summed E-state index contributed by atoms with van der Waals surface area (Å²) in [4.78, 5) is 17.7. The lowest BCUT2D eigenvalue weighted by Crippen LogP contribution is -2.30. The first-order valence-electron chi connectivity index (χ1n) is 16.0. The highest BCUT2D eigenvalue weighted by Gasteiger charge is 2.39. The van der Waals surface area contributed by atoms with Crippen LogP contribution in [0.5, 0.6) is 0 Å². The minimum atomic E-state index is -0.283. The third-order valence-corrected chi connectivity index (χ3v) is 9.40. The van der Waals surface area contributed by atoms with E-state index in [4.69, 9.17) is 15.0 Å². The molecule has 3 heterocycles. The molecule has 0 radical (unpaired) electrons. The number of anilines is 3. The minimum absolute atomic E-state index is 0.283. The van der Waals surface area contributed by atoms with Crippen molar-refractivity contribution in [3.63, 3.8) is 0 Å². The van der Waals surface area contributed by atoms with Gasteiger partial charge in [0.05, 0.1) is 22.4 Å². The van der Waals surface area contributed by atoms with Crippen molar-refractivity contribution in [2.75, 3.05) is 4.90 Å². The van der Waals surface area contributed by atoms with Crippen molar-refractivity contribution in [2.45, 2.75) is 19.3 Å². The van der Waals surface area contributed by atoms with Crippen LogP contribution in [0.1, 0.15) is 25.0 Å². The number of para-hydroxylation sites is 3. The van der Waals surface area contributed by atoms with E-state index in [1.54, 1.807) is 0 Å². The summed E-state index contributed by atoms with van der Waals surface area (Å²) in [6, 6.07) is 52.9. The minimum Gasteiger partial charge on any atom is -0.310 e. The predicted molar refractivity (Wildman–Crippen MR) is 192 cm³/mol. The van der Waals surface area contributed by atoms with E-state index in [2.05, 4.69) is 114 Å². The molecule has 0 saturated heterocycles. The molecule has 0 aliphatic carbocycles. The standard InChI is InChI=1S/C42H31N5/c1-42(2)32-23-13-15-25-34(32)46(30-20-10-5-11-21-30)36-27-26-35-37(38(36)42)31-22-12-14-24-33(31)47(35)41-44-39(28-16-6-3-7-17-28)43-40(45-41)29-18-8-4-9-19-29/h3-27H,1-2H3. The van der Waals surface area contributed by atoms with Gasteiger partial charge in [0.25, 0.3) is 0 Å². The Bertz CT molecular complexity index is 2370. The summed E-state index contributed by atoms with van der Waals surface area (Å²) < 4.78 is 2.22. The van der Waals surface area contributed by atoms with E-state index in [1.807, 2.05) is 60.7 Å². The van der Waals surface area contributed by atoms with E-state index in [0.29, 0.717) is 17.6 Å². The zero-order valence-corrected chi connectivity index (χ0v) is 26.2. The maximum Gasteiger partial charge on any atom is 0.238 e. The maximum atomic E-state index is 5.15. The van der Waals surface area contributed by atoms with Crippen LogP contribution in [0.15, 0.2) is 152 Å². The highest BCUT2D eigenvalue weighted by atomic mass is 15.2. The van der Waals surface area contributed by atoms with Gasteiger partial charge in [0.15, 0.2) is 11.6 Å². The summed E-state index contributed by atoms with van der Waals surface area (Å²) in [5.74, 6) is 1.88.